The maximum atomic E-state index is 13.3. The van der Waals surface area contributed by atoms with Crippen LogP contribution in [0.1, 0.15) is 11.1 Å². The van der Waals surface area contributed by atoms with Gasteiger partial charge in [0.15, 0.2) is 0 Å². The van der Waals surface area contributed by atoms with Crippen LogP contribution in [0.2, 0.25) is 0 Å². The second kappa shape index (κ2) is 6.02. The van der Waals surface area contributed by atoms with Gasteiger partial charge in [-0.05, 0) is 54.0 Å². The minimum atomic E-state index is -0.291. The Balaban J connectivity index is 2.05. The van der Waals surface area contributed by atoms with Crippen LogP contribution >= 0.6 is 15.9 Å². The summed E-state index contributed by atoms with van der Waals surface area (Å²) >= 11 is 3.26. The van der Waals surface area contributed by atoms with Crippen molar-refractivity contribution >= 4 is 21.5 Å². The third-order valence-corrected chi connectivity index (χ3v) is 3.13. The second-order valence-corrected chi connectivity index (χ2v) is 5.28. The topological polar surface area (TPSA) is 9.23 Å². The number of rotatable bonds is 4. The van der Waals surface area contributed by atoms with E-state index in [1.807, 2.05) is 37.3 Å². The van der Waals surface area contributed by atoms with Crippen LogP contribution in [0.15, 0.2) is 53.5 Å². The lowest BCUT2D eigenvalue weighted by molar-refractivity contribution is 0.370. The van der Waals surface area contributed by atoms with Gasteiger partial charge in [0.25, 0.3) is 0 Å². The molecule has 0 aromatic heterocycles. The summed E-state index contributed by atoms with van der Waals surface area (Å²) in [4.78, 5) is 0. The van der Waals surface area contributed by atoms with E-state index in [0.29, 0.717) is 11.1 Å². The quantitative estimate of drug-likeness (QED) is 0.771. The third kappa shape index (κ3) is 3.93. The molecule has 0 amide bonds. The number of hydrogen-bond donors (Lipinski definition) is 0. The zero-order chi connectivity index (χ0) is 13.8. The van der Waals surface area contributed by atoms with Crippen molar-refractivity contribution in [3.8, 4) is 5.75 Å². The van der Waals surface area contributed by atoms with E-state index in [9.17, 15) is 4.39 Å². The first-order chi connectivity index (χ1) is 9.04. The first-order valence-corrected chi connectivity index (χ1v) is 6.67. The molecule has 1 nitrogen and oxygen atoms in total. The number of aryl methyl sites for hydroxylation is 1. The molecule has 0 radical (unpaired) electrons. The summed E-state index contributed by atoms with van der Waals surface area (Å²) in [5, 5.41) is 0. The van der Waals surface area contributed by atoms with Crippen LogP contribution in [0.3, 0.4) is 0 Å². The fraction of sp³-hybridized carbons (Fsp3) is 0.125. The molecule has 0 heterocycles. The molecule has 2 rings (SSSR count). The van der Waals surface area contributed by atoms with Crippen molar-refractivity contribution in [3.05, 3.63) is 70.5 Å². The van der Waals surface area contributed by atoms with Gasteiger partial charge in [-0.25, -0.2) is 4.39 Å². The summed E-state index contributed by atoms with van der Waals surface area (Å²) in [7, 11) is 0. The van der Waals surface area contributed by atoms with Crippen molar-refractivity contribution in [2.24, 2.45) is 0 Å². The Morgan fingerprint density at radius 3 is 2.74 bits per heavy atom. The van der Waals surface area contributed by atoms with Crippen LogP contribution in [0.4, 0.5) is 4.39 Å². The van der Waals surface area contributed by atoms with Gasteiger partial charge in [-0.15, -0.1) is 0 Å². The molecule has 19 heavy (non-hydrogen) atoms. The monoisotopic (exact) mass is 320 g/mol. The summed E-state index contributed by atoms with van der Waals surface area (Å²) < 4.78 is 19.6. The molecular formula is C16H14BrFO. The molecule has 2 aromatic rings. The molecule has 0 aliphatic rings. The van der Waals surface area contributed by atoms with E-state index in [4.69, 9.17) is 4.74 Å². The van der Waals surface area contributed by atoms with Crippen molar-refractivity contribution in [3.63, 3.8) is 0 Å². The molecule has 0 bridgehead atoms. The Labute approximate surface area is 120 Å². The van der Waals surface area contributed by atoms with Crippen molar-refractivity contribution < 1.29 is 9.13 Å². The molecular weight excluding hydrogens is 307 g/mol. The highest BCUT2D eigenvalue weighted by Crippen LogP contribution is 2.21. The average Bonchev–Trinajstić information content (AvgIpc) is 2.35. The van der Waals surface area contributed by atoms with E-state index in [0.717, 1.165) is 22.4 Å². The number of halogens is 2. The number of hydrogen-bond acceptors (Lipinski definition) is 1. The van der Waals surface area contributed by atoms with Gasteiger partial charge in [-0.1, -0.05) is 34.6 Å². The van der Waals surface area contributed by atoms with E-state index >= 15 is 0 Å². The SMILES string of the molecule is C=C(COc1cccc(C)c1)c1cc(F)cc(Br)c1. The maximum absolute atomic E-state index is 13.3. The first-order valence-electron chi connectivity index (χ1n) is 5.88. The van der Waals surface area contributed by atoms with E-state index < -0.39 is 0 Å². The van der Waals surface area contributed by atoms with Crippen LogP contribution in [-0.2, 0) is 0 Å². The van der Waals surface area contributed by atoms with E-state index in [1.165, 1.54) is 12.1 Å². The van der Waals surface area contributed by atoms with Crippen LogP contribution in [0, 0.1) is 12.7 Å². The molecule has 3 heteroatoms. The molecule has 0 unspecified atom stereocenters. The normalized spacial score (nSPS) is 10.3. The molecule has 0 saturated carbocycles. The maximum Gasteiger partial charge on any atom is 0.124 e. The fourth-order valence-corrected chi connectivity index (χ4v) is 2.18. The summed E-state index contributed by atoms with van der Waals surface area (Å²) in [6.07, 6.45) is 0. The predicted molar refractivity (Wildman–Crippen MR) is 79.8 cm³/mol. The number of benzene rings is 2. The van der Waals surface area contributed by atoms with Gasteiger partial charge in [0.2, 0.25) is 0 Å². The Kier molecular flexibility index (Phi) is 4.38. The van der Waals surface area contributed by atoms with Gasteiger partial charge in [-0.2, -0.15) is 0 Å². The minimum absolute atomic E-state index is 0.291. The zero-order valence-corrected chi connectivity index (χ0v) is 12.2. The van der Waals surface area contributed by atoms with E-state index in [1.54, 1.807) is 0 Å². The highest BCUT2D eigenvalue weighted by Gasteiger charge is 2.04. The van der Waals surface area contributed by atoms with Gasteiger partial charge >= 0.3 is 0 Å². The Bertz CT molecular complexity index is 587. The van der Waals surface area contributed by atoms with Crippen molar-refractivity contribution in [1.29, 1.82) is 0 Å². The highest BCUT2D eigenvalue weighted by atomic mass is 79.9. The molecule has 0 aliphatic heterocycles. The van der Waals surface area contributed by atoms with Crippen LogP contribution in [0.25, 0.3) is 5.57 Å². The van der Waals surface area contributed by atoms with Crippen LogP contribution in [0.5, 0.6) is 5.75 Å². The fourth-order valence-electron chi connectivity index (χ4n) is 1.72. The van der Waals surface area contributed by atoms with Gasteiger partial charge < -0.3 is 4.74 Å². The standard InChI is InChI=1S/C16H14BrFO/c1-11-4-3-5-16(6-11)19-10-12(2)13-7-14(17)9-15(18)8-13/h3-9H,2,10H2,1H3. The van der Waals surface area contributed by atoms with Gasteiger partial charge in [-0.3, -0.25) is 0 Å². The lowest BCUT2D eigenvalue weighted by Gasteiger charge is -2.10. The minimum Gasteiger partial charge on any atom is -0.489 e. The van der Waals surface area contributed by atoms with Crippen molar-refractivity contribution in [2.45, 2.75) is 6.92 Å². The highest BCUT2D eigenvalue weighted by molar-refractivity contribution is 9.10. The second-order valence-electron chi connectivity index (χ2n) is 4.37. The Morgan fingerprint density at radius 2 is 2.05 bits per heavy atom. The lowest BCUT2D eigenvalue weighted by Crippen LogP contribution is -2.00. The Hall–Kier alpha value is -1.61. The summed E-state index contributed by atoms with van der Waals surface area (Å²) in [5.41, 5.74) is 2.61. The largest absolute Gasteiger partial charge is 0.489 e. The van der Waals surface area contributed by atoms with Gasteiger partial charge in [0.05, 0.1) is 0 Å². The average molecular weight is 321 g/mol. The van der Waals surface area contributed by atoms with E-state index in [-0.39, 0.29) is 5.82 Å². The third-order valence-electron chi connectivity index (χ3n) is 2.67. The van der Waals surface area contributed by atoms with Gasteiger partial charge in [0, 0.05) is 4.47 Å². The smallest absolute Gasteiger partial charge is 0.124 e. The summed E-state index contributed by atoms with van der Waals surface area (Å²) in [6, 6.07) is 12.5. The lowest BCUT2D eigenvalue weighted by atomic mass is 10.1. The molecule has 98 valence electrons. The Morgan fingerprint density at radius 1 is 1.26 bits per heavy atom. The zero-order valence-electron chi connectivity index (χ0n) is 10.6. The summed E-state index contributed by atoms with van der Waals surface area (Å²) in [5.74, 6) is 0.498. The summed E-state index contributed by atoms with van der Waals surface area (Å²) in [6.45, 7) is 6.27. The molecule has 0 aliphatic carbocycles. The molecule has 2 aromatic carbocycles. The molecule has 0 N–H and O–H groups in total. The van der Waals surface area contributed by atoms with E-state index in [2.05, 4.69) is 22.5 Å². The van der Waals surface area contributed by atoms with Crippen molar-refractivity contribution in [1.82, 2.24) is 0 Å². The molecule has 0 saturated heterocycles. The number of ether oxygens (including phenoxy) is 1. The molecule has 0 fully saturated rings. The van der Waals surface area contributed by atoms with Gasteiger partial charge in [0.1, 0.15) is 18.2 Å². The van der Waals surface area contributed by atoms with Crippen molar-refractivity contribution in [2.75, 3.05) is 6.61 Å². The molecule has 0 atom stereocenters. The first kappa shape index (κ1) is 13.8. The van der Waals surface area contributed by atoms with Crippen LogP contribution in [-0.4, -0.2) is 6.61 Å². The predicted octanol–water partition coefficient (Wildman–Crippen LogP) is 4.99. The molecule has 0 spiro atoms. The van der Waals surface area contributed by atoms with Crippen LogP contribution < -0.4 is 4.74 Å².